The Morgan fingerprint density at radius 2 is 2.24 bits per heavy atom. The minimum absolute atomic E-state index is 0.718. The van der Waals surface area contributed by atoms with Gasteiger partial charge in [0.25, 0.3) is 0 Å². The van der Waals surface area contributed by atoms with Crippen LogP contribution in [0.1, 0.15) is 26.2 Å². The van der Waals surface area contributed by atoms with Gasteiger partial charge in [0.1, 0.15) is 12.4 Å². The van der Waals surface area contributed by atoms with Crippen LogP contribution in [-0.2, 0) is 13.1 Å². The van der Waals surface area contributed by atoms with Crippen molar-refractivity contribution in [2.24, 2.45) is 0 Å². The molecular formula is C12H23N4S+. The molecule has 4 nitrogen and oxygen atoms in total. The number of hydrogen-bond donors (Lipinski definition) is 2. The lowest BCUT2D eigenvalue weighted by atomic mass is 10.3. The molecule has 17 heavy (non-hydrogen) atoms. The van der Waals surface area contributed by atoms with Gasteiger partial charge in [0.15, 0.2) is 5.11 Å². The molecule has 0 saturated carbocycles. The Morgan fingerprint density at radius 1 is 1.41 bits per heavy atom. The van der Waals surface area contributed by atoms with E-state index in [2.05, 4.69) is 45.4 Å². The Kier molecular flexibility index (Phi) is 6.62. The van der Waals surface area contributed by atoms with E-state index in [-0.39, 0.29) is 0 Å². The van der Waals surface area contributed by atoms with Crippen LogP contribution in [0.2, 0.25) is 0 Å². The first-order valence-corrected chi connectivity index (χ1v) is 6.67. The van der Waals surface area contributed by atoms with Crippen LogP contribution in [0.15, 0.2) is 18.7 Å². The fourth-order valence-electron chi connectivity index (χ4n) is 1.60. The molecule has 0 aromatic carbocycles. The third kappa shape index (κ3) is 5.68. The maximum absolute atomic E-state index is 5.00. The van der Waals surface area contributed by atoms with Gasteiger partial charge in [-0.25, -0.2) is 9.13 Å². The van der Waals surface area contributed by atoms with Gasteiger partial charge in [0.2, 0.25) is 6.33 Å². The zero-order valence-corrected chi connectivity index (χ0v) is 11.6. The molecule has 0 fully saturated rings. The summed E-state index contributed by atoms with van der Waals surface area (Å²) in [5, 5.41) is 6.76. The van der Waals surface area contributed by atoms with Crippen LogP contribution >= 0.6 is 12.2 Å². The summed E-state index contributed by atoms with van der Waals surface area (Å²) < 4.78 is 4.47. The van der Waals surface area contributed by atoms with Crippen molar-refractivity contribution in [2.75, 3.05) is 13.6 Å². The van der Waals surface area contributed by atoms with Crippen LogP contribution in [-0.4, -0.2) is 23.3 Å². The van der Waals surface area contributed by atoms with Gasteiger partial charge in [-0.2, -0.15) is 0 Å². The molecule has 1 aromatic rings. The summed E-state index contributed by atoms with van der Waals surface area (Å²) in [6.07, 6.45) is 10.00. The summed E-state index contributed by atoms with van der Waals surface area (Å²) in [6.45, 7) is 5.27. The van der Waals surface area contributed by atoms with Crippen molar-refractivity contribution < 1.29 is 4.57 Å². The van der Waals surface area contributed by atoms with E-state index >= 15 is 0 Å². The maximum atomic E-state index is 5.00. The van der Waals surface area contributed by atoms with Gasteiger partial charge < -0.3 is 10.6 Å². The van der Waals surface area contributed by atoms with Gasteiger partial charge in [-0.3, -0.25) is 0 Å². The number of rotatable bonds is 7. The fourth-order valence-corrected chi connectivity index (χ4v) is 1.70. The average molecular weight is 255 g/mol. The predicted octanol–water partition coefficient (Wildman–Crippen LogP) is 1.06. The smallest absolute Gasteiger partial charge is 0.243 e. The lowest BCUT2D eigenvalue weighted by Crippen LogP contribution is -2.37. The van der Waals surface area contributed by atoms with Crippen LogP contribution in [0.5, 0.6) is 0 Å². The minimum Gasteiger partial charge on any atom is -0.366 e. The Bertz CT molecular complexity index is 335. The van der Waals surface area contributed by atoms with Crippen molar-refractivity contribution in [3.63, 3.8) is 0 Å². The van der Waals surface area contributed by atoms with Crippen LogP contribution in [0.3, 0.4) is 0 Å². The number of unbranched alkanes of at least 4 members (excludes halogenated alkanes) is 1. The number of aryl methyl sites for hydroxylation is 2. The molecule has 0 aliphatic rings. The van der Waals surface area contributed by atoms with E-state index < -0.39 is 0 Å². The van der Waals surface area contributed by atoms with E-state index in [1.54, 1.807) is 0 Å². The lowest BCUT2D eigenvalue weighted by Gasteiger charge is -2.05. The molecule has 0 bridgehead atoms. The van der Waals surface area contributed by atoms with Crippen molar-refractivity contribution >= 4 is 17.3 Å². The first-order valence-electron chi connectivity index (χ1n) is 6.26. The van der Waals surface area contributed by atoms with Gasteiger partial charge in [-0.05, 0) is 18.6 Å². The molecular weight excluding hydrogens is 232 g/mol. The quantitative estimate of drug-likeness (QED) is 0.434. The largest absolute Gasteiger partial charge is 0.366 e. The molecule has 0 unspecified atom stereocenters. The lowest BCUT2D eigenvalue weighted by molar-refractivity contribution is -0.696. The zero-order valence-electron chi connectivity index (χ0n) is 10.8. The minimum atomic E-state index is 0.718. The second kappa shape index (κ2) is 8.06. The third-order valence-corrected chi connectivity index (χ3v) is 2.97. The number of aromatic nitrogens is 2. The monoisotopic (exact) mass is 255 g/mol. The Balaban J connectivity index is 2.18. The Hall–Kier alpha value is -1.10. The molecule has 0 aliphatic heterocycles. The number of thiocarbonyl (C=S) groups is 1. The standard InChI is InChI=1S/C12H22N4S/c1-3-4-7-15-9-10-16(11-15)8-5-6-14-12(17)13-2/h9-11H,3-8H2,1-2H3,(H-,13,14,17)/p+1. The SMILES string of the molecule is CCCCn1cc[n+](CCCNC(=S)NC)c1. The van der Waals surface area contributed by atoms with E-state index in [4.69, 9.17) is 12.2 Å². The summed E-state index contributed by atoms with van der Waals surface area (Å²) in [5.74, 6) is 0. The van der Waals surface area contributed by atoms with Crippen LogP contribution in [0.25, 0.3) is 0 Å². The summed E-state index contributed by atoms with van der Waals surface area (Å²) >= 11 is 5.00. The molecule has 0 aliphatic carbocycles. The van der Waals surface area contributed by atoms with Crippen molar-refractivity contribution in [2.45, 2.75) is 39.3 Å². The molecule has 0 saturated heterocycles. The maximum Gasteiger partial charge on any atom is 0.243 e. The number of hydrogen-bond acceptors (Lipinski definition) is 1. The van der Waals surface area contributed by atoms with Crippen LogP contribution in [0.4, 0.5) is 0 Å². The highest BCUT2D eigenvalue weighted by molar-refractivity contribution is 7.80. The topological polar surface area (TPSA) is 32.9 Å². The second-order valence-electron chi connectivity index (χ2n) is 4.10. The molecule has 0 spiro atoms. The van der Waals surface area contributed by atoms with Gasteiger partial charge in [-0.15, -0.1) is 0 Å². The number of nitrogens with one attached hydrogen (secondary N) is 2. The summed E-state index contributed by atoms with van der Waals surface area (Å²) in [4.78, 5) is 0. The molecule has 0 atom stereocenters. The molecule has 0 amide bonds. The Labute approximate surface area is 109 Å². The molecule has 1 rings (SSSR count). The van der Waals surface area contributed by atoms with E-state index in [9.17, 15) is 0 Å². The highest BCUT2D eigenvalue weighted by atomic mass is 32.1. The summed E-state index contributed by atoms with van der Waals surface area (Å²) in [5.41, 5.74) is 0. The first-order chi connectivity index (χ1) is 8.26. The molecule has 1 heterocycles. The van der Waals surface area contributed by atoms with E-state index in [0.717, 1.165) is 31.2 Å². The van der Waals surface area contributed by atoms with Crippen LogP contribution < -0.4 is 15.2 Å². The molecule has 5 heteroatoms. The van der Waals surface area contributed by atoms with Gasteiger partial charge in [0, 0.05) is 20.0 Å². The zero-order chi connectivity index (χ0) is 12.5. The van der Waals surface area contributed by atoms with Crippen molar-refractivity contribution in [1.29, 1.82) is 0 Å². The fraction of sp³-hybridized carbons (Fsp3) is 0.667. The van der Waals surface area contributed by atoms with Crippen molar-refractivity contribution in [3.8, 4) is 0 Å². The molecule has 96 valence electrons. The van der Waals surface area contributed by atoms with E-state index in [1.807, 2.05) is 7.05 Å². The van der Waals surface area contributed by atoms with Crippen LogP contribution in [0, 0.1) is 0 Å². The second-order valence-corrected chi connectivity index (χ2v) is 4.51. The number of nitrogens with zero attached hydrogens (tertiary/aromatic N) is 2. The number of imidazole rings is 1. The Morgan fingerprint density at radius 3 is 2.94 bits per heavy atom. The van der Waals surface area contributed by atoms with E-state index in [1.165, 1.54) is 12.8 Å². The van der Waals surface area contributed by atoms with E-state index in [0.29, 0.717) is 0 Å². The van der Waals surface area contributed by atoms with Crippen molar-refractivity contribution in [3.05, 3.63) is 18.7 Å². The van der Waals surface area contributed by atoms with Gasteiger partial charge >= 0.3 is 0 Å². The van der Waals surface area contributed by atoms with Crippen molar-refractivity contribution in [1.82, 2.24) is 15.2 Å². The molecule has 2 N–H and O–H groups in total. The van der Waals surface area contributed by atoms with Gasteiger partial charge in [-0.1, -0.05) is 13.3 Å². The van der Waals surface area contributed by atoms with Gasteiger partial charge in [0.05, 0.1) is 13.1 Å². The first kappa shape index (κ1) is 14.0. The predicted molar refractivity (Wildman–Crippen MR) is 73.8 cm³/mol. The summed E-state index contributed by atoms with van der Waals surface area (Å²) in [6, 6.07) is 0. The highest BCUT2D eigenvalue weighted by Crippen LogP contribution is 1.93. The molecule has 1 aromatic heterocycles. The average Bonchev–Trinajstić information content (AvgIpc) is 2.79. The summed E-state index contributed by atoms with van der Waals surface area (Å²) in [7, 11) is 1.83. The molecule has 0 radical (unpaired) electrons. The highest BCUT2D eigenvalue weighted by Gasteiger charge is 2.02. The normalized spacial score (nSPS) is 10.2. The third-order valence-electron chi connectivity index (χ3n) is 2.62.